The van der Waals surface area contributed by atoms with Gasteiger partial charge in [0.15, 0.2) is 5.15 Å². The fourth-order valence-corrected chi connectivity index (χ4v) is 4.81. The monoisotopic (exact) mass is 496 g/mol. The number of unbranched alkanes of at least 4 members (excludes halogenated alkanes) is 3. The van der Waals surface area contributed by atoms with Crippen LogP contribution in [0, 0.1) is 0 Å². The molecule has 2 aromatic carbocycles. The van der Waals surface area contributed by atoms with Crippen LogP contribution < -0.4 is 9.46 Å². The molecule has 0 bridgehead atoms. The Bertz CT molecular complexity index is 1380. The van der Waals surface area contributed by atoms with Crippen LogP contribution in [-0.2, 0) is 10.0 Å². The Kier molecular flexibility index (Phi) is 7.59. The Morgan fingerprint density at radius 1 is 0.971 bits per heavy atom. The lowest BCUT2D eigenvalue weighted by atomic mass is 10.0. The van der Waals surface area contributed by atoms with Crippen molar-refractivity contribution in [2.45, 2.75) is 37.5 Å². The van der Waals surface area contributed by atoms with Gasteiger partial charge in [-0.25, -0.2) is 13.4 Å². The van der Waals surface area contributed by atoms with Gasteiger partial charge in [0.05, 0.1) is 28.9 Å². The van der Waals surface area contributed by atoms with Gasteiger partial charge in [-0.15, -0.1) is 0 Å². The number of rotatable bonds is 10. The van der Waals surface area contributed by atoms with Crippen LogP contribution in [0.5, 0.6) is 5.75 Å². The number of ether oxygens (including phenoxy) is 1. The summed E-state index contributed by atoms with van der Waals surface area (Å²) in [5.74, 6) is 0.662. The zero-order valence-electron chi connectivity index (χ0n) is 18.7. The first kappa shape index (κ1) is 23.9. The van der Waals surface area contributed by atoms with E-state index in [1.54, 1.807) is 36.7 Å². The average Bonchev–Trinajstić information content (AvgIpc) is 2.85. The number of pyridine rings is 1. The van der Waals surface area contributed by atoms with Crippen molar-refractivity contribution in [3.8, 4) is 16.9 Å². The molecule has 0 spiro atoms. The highest BCUT2D eigenvalue weighted by Crippen LogP contribution is 2.32. The topological polar surface area (TPSA) is 94.1 Å². The van der Waals surface area contributed by atoms with Gasteiger partial charge in [-0.05, 0) is 42.3 Å². The lowest BCUT2D eigenvalue weighted by Gasteiger charge is -2.12. The van der Waals surface area contributed by atoms with Gasteiger partial charge in [0.2, 0.25) is 0 Å². The summed E-state index contributed by atoms with van der Waals surface area (Å²) in [6.45, 7) is 2.78. The van der Waals surface area contributed by atoms with Crippen LogP contribution in [0.4, 0.5) is 5.69 Å². The number of hydrogen-bond donors (Lipinski definition) is 1. The third kappa shape index (κ3) is 5.63. The van der Waals surface area contributed by atoms with Crippen molar-refractivity contribution < 1.29 is 13.2 Å². The molecule has 0 aliphatic heterocycles. The standard InChI is InChI=1S/C25H25ClN4O3S/c1-2-3-4-8-13-33-24-17-28-29-22-12-11-18(14-21(22)24)19-15-23(25(26)27-16-19)30-34(31,32)20-9-6-5-7-10-20/h5-7,9-12,14-17,30H,2-4,8,13H2,1H3. The van der Waals surface area contributed by atoms with Crippen molar-refractivity contribution in [3.05, 3.63) is 72.1 Å². The maximum atomic E-state index is 12.8. The quantitative estimate of drug-likeness (QED) is 0.210. The van der Waals surface area contributed by atoms with Crippen LogP contribution in [-0.4, -0.2) is 30.2 Å². The number of benzene rings is 2. The first-order chi connectivity index (χ1) is 16.5. The van der Waals surface area contributed by atoms with E-state index < -0.39 is 10.0 Å². The molecular weight excluding hydrogens is 472 g/mol. The SMILES string of the molecule is CCCCCCOc1cnnc2ccc(-c3cnc(Cl)c(NS(=O)(=O)c4ccccc4)c3)cc12. The number of aromatic nitrogens is 3. The number of nitrogens with zero attached hydrogens (tertiary/aromatic N) is 3. The van der Waals surface area contributed by atoms with E-state index >= 15 is 0 Å². The van der Waals surface area contributed by atoms with Gasteiger partial charge in [-0.3, -0.25) is 4.72 Å². The molecule has 0 fully saturated rings. The van der Waals surface area contributed by atoms with Crippen LogP contribution in [0.1, 0.15) is 32.6 Å². The van der Waals surface area contributed by atoms with Crippen LogP contribution in [0.2, 0.25) is 5.15 Å². The summed E-state index contributed by atoms with van der Waals surface area (Å²) < 4.78 is 34.0. The second-order valence-corrected chi connectivity index (χ2v) is 9.87. The second-order valence-electron chi connectivity index (χ2n) is 7.83. The number of nitrogens with one attached hydrogen (secondary N) is 1. The van der Waals surface area contributed by atoms with Crippen molar-refractivity contribution in [1.29, 1.82) is 0 Å². The zero-order valence-corrected chi connectivity index (χ0v) is 20.3. The van der Waals surface area contributed by atoms with Gasteiger partial charge in [-0.1, -0.05) is 62.1 Å². The summed E-state index contributed by atoms with van der Waals surface area (Å²) >= 11 is 6.21. The molecule has 0 atom stereocenters. The molecular formula is C25H25ClN4O3S. The predicted octanol–water partition coefficient (Wildman–Crippen LogP) is 6.11. The molecule has 7 nitrogen and oxygen atoms in total. The maximum Gasteiger partial charge on any atom is 0.261 e. The minimum absolute atomic E-state index is 0.0611. The number of anilines is 1. The Morgan fingerprint density at radius 3 is 2.59 bits per heavy atom. The van der Waals surface area contributed by atoms with E-state index in [0.29, 0.717) is 23.4 Å². The van der Waals surface area contributed by atoms with E-state index in [0.717, 1.165) is 23.8 Å². The molecule has 0 aliphatic carbocycles. The van der Waals surface area contributed by atoms with Gasteiger partial charge in [0, 0.05) is 17.1 Å². The molecule has 0 amide bonds. The second kappa shape index (κ2) is 10.8. The number of sulfonamides is 1. The summed E-state index contributed by atoms with van der Waals surface area (Å²) in [5.41, 5.74) is 2.42. The van der Waals surface area contributed by atoms with E-state index in [1.807, 2.05) is 18.2 Å². The van der Waals surface area contributed by atoms with Crippen molar-refractivity contribution in [1.82, 2.24) is 15.2 Å². The fourth-order valence-electron chi connectivity index (χ4n) is 3.52. The van der Waals surface area contributed by atoms with Crippen molar-refractivity contribution in [2.75, 3.05) is 11.3 Å². The molecule has 2 heterocycles. The first-order valence-electron chi connectivity index (χ1n) is 11.1. The van der Waals surface area contributed by atoms with Gasteiger partial charge < -0.3 is 4.74 Å². The Hall–Kier alpha value is -3.23. The molecule has 0 aliphatic rings. The normalized spacial score (nSPS) is 11.5. The summed E-state index contributed by atoms with van der Waals surface area (Å²) in [5, 5.41) is 9.12. The minimum atomic E-state index is -3.81. The van der Waals surface area contributed by atoms with Crippen molar-refractivity contribution in [3.63, 3.8) is 0 Å². The summed E-state index contributed by atoms with van der Waals surface area (Å²) in [6, 6.07) is 15.4. The van der Waals surface area contributed by atoms with Gasteiger partial charge in [0.25, 0.3) is 10.0 Å². The highest BCUT2D eigenvalue weighted by atomic mass is 35.5. The maximum absolute atomic E-state index is 12.8. The number of hydrogen-bond acceptors (Lipinski definition) is 6. The van der Waals surface area contributed by atoms with E-state index in [9.17, 15) is 8.42 Å². The van der Waals surface area contributed by atoms with E-state index in [-0.39, 0.29) is 15.7 Å². The van der Waals surface area contributed by atoms with Crippen molar-refractivity contribution >= 4 is 38.2 Å². The third-order valence-electron chi connectivity index (χ3n) is 5.33. The molecule has 0 saturated carbocycles. The largest absolute Gasteiger partial charge is 0.491 e. The molecule has 2 aromatic heterocycles. The molecule has 176 valence electrons. The van der Waals surface area contributed by atoms with E-state index in [1.165, 1.54) is 25.0 Å². The molecule has 0 saturated heterocycles. The molecule has 0 radical (unpaired) electrons. The number of halogens is 1. The predicted molar refractivity (Wildman–Crippen MR) is 135 cm³/mol. The van der Waals surface area contributed by atoms with Gasteiger partial charge >= 0.3 is 0 Å². The lowest BCUT2D eigenvalue weighted by Crippen LogP contribution is -2.13. The smallest absolute Gasteiger partial charge is 0.261 e. The summed E-state index contributed by atoms with van der Waals surface area (Å²) in [6.07, 6.45) is 7.67. The van der Waals surface area contributed by atoms with E-state index in [4.69, 9.17) is 16.3 Å². The van der Waals surface area contributed by atoms with Crippen LogP contribution >= 0.6 is 11.6 Å². The summed E-state index contributed by atoms with van der Waals surface area (Å²) in [4.78, 5) is 4.33. The highest BCUT2D eigenvalue weighted by molar-refractivity contribution is 7.92. The Balaban J connectivity index is 1.62. The van der Waals surface area contributed by atoms with E-state index in [2.05, 4.69) is 26.8 Å². The third-order valence-corrected chi connectivity index (χ3v) is 7.01. The molecule has 4 aromatic rings. The van der Waals surface area contributed by atoms with Crippen LogP contribution in [0.3, 0.4) is 0 Å². The van der Waals surface area contributed by atoms with Gasteiger partial charge in [-0.2, -0.15) is 10.2 Å². The average molecular weight is 497 g/mol. The Morgan fingerprint density at radius 2 is 1.79 bits per heavy atom. The fraction of sp³-hybridized carbons (Fsp3) is 0.240. The molecule has 0 unspecified atom stereocenters. The first-order valence-corrected chi connectivity index (χ1v) is 13.0. The zero-order chi connectivity index (χ0) is 24.0. The van der Waals surface area contributed by atoms with Crippen LogP contribution in [0.15, 0.2) is 71.9 Å². The molecule has 34 heavy (non-hydrogen) atoms. The molecule has 9 heteroatoms. The lowest BCUT2D eigenvalue weighted by molar-refractivity contribution is 0.307. The molecule has 1 N–H and O–H groups in total. The Labute approximate surface area is 204 Å². The highest BCUT2D eigenvalue weighted by Gasteiger charge is 2.17. The molecule has 4 rings (SSSR count). The van der Waals surface area contributed by atoms with Gasteiger partial charge in [0.1, 0.15) is 5.75 Å². The van der Waals surface area contributed by atoms with Crippen molar-refractivity contribution in [2.24, 2.45) is 0 Å². The summed E-state index contributed by atoms with van der Waals surface area (Å²) in [7, 11) is -3.81. The van der Waals surface area contributed by atoms with Crippen LogP contribution in [0.25, 0.3) is 22.0 Å². The minimum Gasteiger partial charge on any atom is -0.491 e. The number of fused-ring (bicyclic) bond motifs is 1.